The fourth-order valence-electron chi connectivity index (χ4n) is 1.85. The molecule has 17 heavy (non-hydrogen) atoms. The average molecular weight is 244 g/mol. The number of nitrogens with two attached hydrogens (primary N) is 1. The minimum absolute atomic E-state index is 0.0829. The second kappa shape index (κ2) is 6.56. The van der Waals surface area contributed by atoms with Crippen molar-refractivity contribution in [2.45, 2.75) is 38.3 Å². The molecule has 1 rings (SSSR count). The van der Waals surface area contributed by atoms with Gasteiger partial charge in [-0.1, -0.05) is 13.3 Å². The summed E-state index contributed by atoms with van der Waals surface area (Å²) in [6.07, 6.45) is 1.11. The molecule has 1 amide bonds. The standard InChI is InChI=1S/C11H20N2O4/c1-2-3-8(12)6-10(14)13-4-5-17-9(7-13)11(15)16/h8-9H,2-7,12H2,1H3,(H,15,16). The number of hydrogen-bond acceptors (Lipinski definition) is 4. The van der Waals surface area contributed by atoms with Crippen molar-refractivity contribution in [2.24, 2.45) is 5.73 Å². The molecule has 0 aromatic heterocycles. The van der Waals surface area contributed by atoms with Gasteiger partial charge < -0.3 is 20.5 Å². The molecule has 1 aliphatic heterocycles. The third-order valence-electron chi connectivity index (χ3n) is 2.79. The van der Waals surface area contributed by atoms with E-state index in [1.165, 1.54) is 4.90 Å². The van der Waals surface area contributed by atoms with E-state index in [1.807, 2.05) is 6.92 Å². The van der Waals surface area contributed by atoms with E-state index in [9.17, 15) is 9.59 Å². The molecule has 6 nitrogen and oxygen atoms in total. The summed E-state index contributed by atoms with van der Waals surface area (Å²) in [5.74, 6) is -1.11. The van der Waals surface area contributed by atoms with Gasteiger partial charge in [-0.25, -0.2) is 4.79 Å². The lowest BCUT2D eigenvalue weighted by molar-refractivity contribution is -0.159. The van der Waals surface area contributed by atoms with Crippen LogP contribution < -0.4 is 5.73 Å². The Morgan fingerprint density at radius 1 is 1.59 bits per heavy atom. The maximum absolute atomic E-state index is 11.8. The Labute approximate surface area is 101 Å². The van der Waals surface area contributed by atoms with Crippen molar-refractivity contribution in [3.8, 4) is 0 Å². The van der Waals surface area contributed by atoms with Crippen molar-refractivity contribution < 1.29 is 19.4 Å². The van der Waals surface area contributed by atoms with Gasteiger partial charge in [-0.05, 0) is 6.42 Å². The Kier molecular flexibility index (Phi) is 5.37. The maximum atomic E-state index is 11.8. The highest BCUT2D eigenvalue weighted by Gasteiger charge is 2.29. The number of amides is 1. The van der Waals surface area contributed by atoms with E-state index in [-0.39, 0.29) is 31.5 Å². The fraction of sp³-hybridized carbons (Fsp3) is 0.818. The monoisotopic (exact) mass is 244 g/mol. The maximum Gasteiger partial charge on any atom is 0.334 e. The number of morpholine rings is 1. The van der Waals surface area contributed by atoms with Gasteiger partial charge in [0.2, 0.25) is 5.91 Å². The van der Waals surface area contributed by atoms with Crippen LogP contribution in [-0.2, 0) is 14.3 Å². The number of carbonyl (C=O) groups excluding carboxylic acids is 1. The molecule has 0 aromatic rings. The molecule has 2 unspecified atom stereocenters. The number of hydrogen-bond donors (Lipinski definition) is 2. The molecule has 0 saturated carbocycles. The van der Waals surface area contributed by atoms with Crippen molar-refractivity contribution in [2.75, 3.05) is 19.7 Å². The van der Waals surface area contributed by atoms with Gasteiger partial charge in [0.15, 0.2) is 6.10 Å². The number of carboxylic acid groups (broad SMARTS) is 1. The number of carboxylic acids is 1. The number of rotatable bonds is 5. The van der Waals surface area contributed by atoms with Crippen LogP contribution in [0.1, 0.15) is 26.2 Å². The summed E-state index contributed by atoms with van der Waals surface area (Å²) in [6, 6.07) is -0.140. The van der Waals surface area contributed by atoms with Crippen molar-refractivity contribution in [3.05, 3.63) is 0 Å². The van der Waals surface area contributed by atoms with E-state index in [0.717, 1.165) is 12.8 Å². The highest BCUT2D eigenvalue weighted by Crippen LogP contribution is 2.09. The summed E-state index contributed by atoms with van der Waals surface area (Å²) in [7, 11) is 0. The lowest BCUT2D eigenvalue weighted by Crippen LogP contribution is -2.49. The number of ether oxygens (including phenoxy) is 1. The molecule has 0 spiro atoms. The van der Waals surface area contributed by atoms with Crippen molar-refractivity contribution in [3.63, 3.8) is 0 Å². The Morgan fingerprint density at radius 2 is 2.29 bits per heavy atom. The minimum atomic E-state index is -1.03. The van der Waals surface area contributed by atoms with E-state index in [4.69, 9.17) is 15.6 Å². The van der Waals surface area contributed by atoms with E-state index in [1.54, 1.807) is 0 Å². The van der Waals surface area contributed by atoms with Gasteiger partial charge in [-0.15, -0.1) is 0 Å². The first kappa shape index (κ1) is 13.9. The van der Waals surface area contributed by atoms with Gasteiger partial charge in [0.1, 0.15) is 0 Å². The molecular weight excluding hydrogens is 224 g/mol. The van der Waals surface area contributed by atoms with E-state index < -0.39 is 12.1 Å². The molecule has 1 fully saturated rings. The third kappa shape index (κ3) is 4.32. The molecule has 1 aliphatic rings. The SMILES string of the molecule is CCCC(N)CC(=O)N1CCOC(C(=O)O)C1. The Morgan fingerprint density at radius 3 is 2.88 bits per heavy atom. The molecule has 0 aliphatic carbocycles. The second-order valence-corrected chi connectivity index (χ2v) is 4.29. The molecule has 1 saturated heterocycles. The molecule has 0 radical (unpaired) electrons. The van der Waals surface area contributed by atoms with Gasteiger partial charge in [0.05, 0.1) is 13.2 Å². The topological polar surface area (TPSA) is 92.9 Å². The molecule has 0 bridgehead atoms. The van der Waals surface area contributed by atoms with Gasteiger partial charge in [-0.3, -0.25) is 4.79 Å². The summed E-state index contributed by atoms with van der Waals surface area (Å²) in [5, 5.41) is 8.82. The van der Waals surface area contributed by atoms with Crippen molar-refractivity contribution in [1.29, 1.82) is 0 Å². The zero-order valence-electron chi connectivity index (χ0n) is 10.1. The molecule has 3 N–H and O–H groups in total. The summed E-state index contributed by atoms with van der Waals surface area (Å²) < 4.78 is 5.05. The molecule has 98 valence electrons. The molecule has 0 aromatic carbocycles. The van der Waals surface area contributed by atoms with Crippen molar-refractivity contribution >= 4 is 11.9 Å². The minimum Gasteiger partial charge on any atom is -0.479 e. The number of nitrogens with zero attached hydrogens (tertiary/aromatic N) is 1. The predicted molar refractivity (Wildman–Crippen MR) is 61.5 cm³/mol. The smallest absolute Gasteiger partial charge is 0.334 e. The highest BCUT2D eigenvalue weighted by molar-refractivity contribution is 5.79. The summed E-state index contributed by atoms with van der Waals surface area (Å²) in [6.45, 7) is 2.85. The predicted octanol–water partition coefficient (Wildman–Crippen LogP) is -0.184. The second-order valence-electron chi connectivity index (χ2n) is 4.29. The largest absolute Gasteiger partial charge is 0.479 e. The van der Waals surface area contributed by atoms with Crippen LogP contribution in [0.4, 0.5) is 0 Å². The lowest BCUT2D eigenvalue weighted by atomic mass is 10.1. The summed E-state index contributed by atoms with van der Waals surface area (Å²) in [4.78, 5) is 24.1. The molecule has 1 heterocycles. The van der Waals surface area contributed by atoms with Crippen LogP contribution in [0.5, 0.6) is 0 Å². The highest BCUT2D eigenvalue weighted by atomic mass is 16.5. The third-order valence-corrected chi connectivity index (χ3v) is 2.79. The normalized spacial score (nSPS) is 22.2. The van der Waals surface area contributed by atoms with Gasteiger partial charge >= 0.3 is 5.97 Å². The van der Waals surface area contributed by atoms with Crippen LogP contribution in [0.2, 0.25) is 0 Å². The first-order valence-corrected chi connectivity index (χ1v) is 5.92. The fourth-order valence-corrected chi connectivity index (χ4v) is 1.85. The quantitative estimate of drug-likeness (QED) is 0.699. The van der Waals surface area contributed by atoms with E-state index in [2.05, 4.69) is 0 Å². The van der Waals surface area contributed by atoms with E-state index >= 15 is 0 Å². The number of carbonyl (C=O) groups is 2. The molecule has 6 heteroatoms. The van der Waals surface area contributed by atoms with Crippen LogP contribution in [-0.4, -0.2) is 53.7 Å². The molecule has 2 atom stereocenters. The zero-order chi connectivity index (χ0) is 12.8. The first-order chi connectivity index (χ1) is 8.04. The number of aliphatic carboxylic acids is 1. The van der Waals surface area contributed by atoms with Gasteiger partial charge in [0.25, 0.3) is 0 Å². The van der Waals surface area contributed by atoms with Crippen LogP contribution in [0.3, 0.4) is 0 Å². The van der Waals surface area contributed by atoms with Gasteiger partial charge in [0, 0.05) is 19.0 Å². The Balaban J connectivity index is 2.43. The first-order valence-electron chi connectivity index (χ1n) is 5.92. The lowest BCUT2D eigenvalue weighted by Gasteiger charge is -2.31. The Hall–Kier alpha value is -1.14. The summed E-state index contributed by atoms with van der Waals surface area (Å²) >= 11 is 0. The van der Waals surface area contributed by atoms with Gasteiger partial charge in [-0.2, -0.15) is 0 Å². The van der Waals surface area contributed by atoms with Crippen LogP contribution in [0, 0.1) is 0 Å². The van der Waals surface area contributed by atoms with Crippen LogP contribution in [0.15, 0.2) is 0 Å². The van der Waals surface area contributed by atoms with Crippen molar-refractivity contribution in [1.82, 2.24) is 4.90 Å². The van der Waals surface area contributed by atoms with Crippen LogP contribution in [0.25, 0.3) is 0 Å². The van der Waals surface area contributed by atoms with Crippen LogP contribution >= 0.6 is 0 Å². The molecular formula is C11H20N2O4. The van der Waals surface area contributed by atoms with E-state index in [0.29, 0.717) is 6.54 Å². The zero-order valence-corrected chi connectivity index (χ0v) is 10.1. The Bertz CT molecular complexity index is 283. The average Bonchev–Trinajstić information content (AvgIpc) is 2.29. The summed E-state index contributed by atoms with van der Waals surface area (Å²) in [5.41, 5.74) is 5.79.